The second kappa shape index (κ2) is 10.2. The molecule has 0 radical (unpaired) electrons. The summed E-state index contributed by atoms with van der Waals surface area (Å²) in [5.41, 5.74) is 5.72. The van der Waals surface area contributed by atoms with Gasteiger partial charge in [0, 0.05) is 36.8 Å². The van der Waals surface area contributed by atoms with Gasteiger partial charge in [0.05, 0.1) is 11.5 Å². The average Bonchev–Trinajstić information content (AvgIpc) is 3.38. The summed E-state index contributed by atoms with van der Waals surface area (Å²) in [6.07, 6.45) is 5.20. The Morgan fingerprint density at radius 2 is 1.72 bits per heavy atom. The van der Waals surface area contributed by atoms with Gasteiger partial charge in [-0.2, -0.15) is 13.2 Å². The number of amides is 1. The van der Waals surface area contributed by atoms with Crippen molar-refractivity contribution in [3.63, 3.8) is 0 Å². The molecule has 10 heteroatoms. The highest BCUT2D eigenvalue weighted by Gasteiger charge is 2.48. The maximum Gasteiger partial charge on any atom is 0.397 e. The lowest BCUT2D eigenvalue weighted by Gasteiger charge is -2.39. The monoisotopic (exact) mass is 589 g/mol. The van der Waals surface area contributed by atoms with E-state index in [-0.39, 0.29) is 23.4 Å². The molecule has 0 spiro atoms. The molecule has 0 aliphatic carbocycles. The Hall–Kier alpha value is -4.18. The van der Waals surface area contributed by atoms with Crippen molar-refractivity contribution in [3.8, 4) is 11.3 Å². The Bertz CT molecular complexity index is 1720. The fourth-order valence-corrected chi connectivity index (χ4v) is 6.20. The topological polar surface area (TPSA) is 96.8 Å². The van der Waals surface area contributed by atoms with Gasteiger partial charge < -0.3 is 15.7 Å². The number of nitrogen functional groups attached to an aromatic ring is 1. The second-order valence-electron chi connectivity index (χ2n) is 12.2. The van der Waals surface area contributed by atoms with E-state index in [0.717, 1.165) is 38.1 Å². The zero-order valence-electron chi connectivity index (χ0n) is 24.3. The zero-order chi connectivity index (χ0) is 30.7. The number of rotatable bonds is 5. The first kappa shape index (κ1) is 28.9. The van der Waals surface area contributed by atoms with Crippen molar-refractivity contribution in [1.82, 2.24) is 19.3 Å². The van der Waals surface area contributed by atoms with E-state index in [2.05, 4.69) is 11.1 Å². The number of carbonyl (C=O) groups is 1. The van der Waals surface area contributed by atoms with E-state index in [4.69, 9.17) is 10.7 Å². The van der Waals surface area contributed by atoms with Gasteiger partial charge in [0.2, 0.25) is 5.91 Å². The van der Waals surface area contributed by atoms with Crippen LogP contribution in [0.4, 0.5) is 19.0 Å². The maximum atomic E-state index is 13.7. The number of alkyl halides is 3. The number of halogens is 3. The Morgan fingerprint density at radius 3 is 2.44 bits per heavy atom. The van der Waals surface area contributed by atoms with Gasteiger partial charge in [-0.15, -0.1) is 0 Å². The maximum absolute atomic E-state index is 13.7. The molecule has 4 heterocycles. The first-order valence-electron chi connectivity index (χ1n) is 14.4. The SMILES string of the molecule is CC(C)(c1cccc([C@@](C)(O)c2ccc(-c3nc([C@@H]4CC[C@H]5C=CCC(=O)N5C4)n4ccnc(N)c34)cc2)c1)C(F)(F)F. The number of nitrogens with zero attached hydrogens (tertiary/aromatic N) is 4. The Morgan fingerprint density at radius 1 is 1.00 bits per heavy atom. The summed E-state index contributed by atoms with van der Waals surface area (Å²) in [5, 5.41) is 11.5. The Balaban J connectivity index is 1.34. The van der Waals surface area contributed by atoms with Crippen molar-refractivity contribution in [2.45, 2.75) is 69.2 Å². The highest BCUT2D eigenvalue weighted by Crippen LogP contribution is 2.42. The van der Waals surface area contributed by atoms with Crippen molar-refractivity contribution in [2.24, 2.45) is 0 Å². The molecular weight excluding hydrogens is 555 g/mol. The van der Waals surface area contributed by atoms with E-state index in [1.54, 1.807) is 31.3 Å². The molecule has 0 bridgehead atoms. The van der Waals surface area contributed by atoms with Crippen LogP contribution in [0.15, 0.2) is 73.1 Å². The van der Waals surface area contributed by atoms with E-state index in [1.807, 2.05) is 33.7 Å². The van der Waals surface area contributed by atoms with Crippen LogP contribution in [0.1, 0.15) is 68.5 Å². The summed E-state index contributed by atoms with van der Waals surface area (Å²) in [4.78, 5) is 23.9. The molecule has 2 aliphatic rings. The van der Waals surface area contributed by atoms with Crippen LogP contribution in [0.3, 0.4) is 0 Å². The summed E-state index contributed by atoms with van der Waals surface area (Å²) in [7, 11) is 0. The highest BCUT2D eigenvalue weighted by molar-refractivity contribution is 5.85. The number of hydrogen-bond acceptors (Lipinski definition) is 5. The van der Waals surface area contributed by atoms with Crippen molar-refractivity contribution in [2.75, 3.05) is 12.3 Å². The predicted molar refractivity (Wildman–Crippen MR) is 158 cm³/mol. The summed E-state index contributed by atoms with van der Waals surface area (Å²) in [6, 6.07) is 13.3. The van der Waals surface area contributed by atoms with Gasteiger partial charge in [0.1, 0.15) is 28.5 Å². The quantitative estimate of drug-likeness (QED) is 0.274. The molecule has 0 unspecified atom stereocenters. The Labute approximate surface area is 247 Å². The van der Waals surface area contributed by atoms with Crippen LogP contribution in [0.5, 0.6) is 0 Å². The minimum absolute atomic E-state index is 0.0166. The van der Waals surface area contributed by atoms with Crippen LogP contribution in [-0.4, -0.2) is 49.0 Å². The van der Waals surface area contributed by atoms with E-state index < -0.39 is 17.2 Å². The van der Waals surface area contributed by atoms with Gasteiger partial charge >= 0.3 is 6.18 Å². The third kappa shape index (κ3) is 4.87. The molecule has 1 fully saturated rings. The molecule has 1 amide bonds. The lowest BCUT2D eigenvalue weighted by molar-refractivity contribution is -0.180. The summed E-state index contributed by atoms with van der Waals surface area (Å²) in [5.74, 6) is 1.26. The van der Waals surface area contributed by atoms with Crippen LogP contribution >= 0.6 is 0 Å². The van der Waals surface area contributed by atoms with Gasteiger partial charge in [-0.3, -0.25) is 9.20 Å². The lowest BCUT2D eigenvalue weighted by atomic mass is 9.80. The van der Waals surface area contributed by atoms with Crippen LogP contribution in [0.25, 0.3) is 16.8 Å². The minimum Gasteiger partial charge on any atom is -0.382 e. The van der Waals surface area contributed by atoms with Crippen LogP contribution < -0.4 is 5.73 Å². The molecule has 6 rings (SSSR count). The van der Waals surface area contributed by atoms with Crippen molar-refractivity contribution >= 4 is 17.2 Å². The standard InChI is InChI=1S/C33H34F3N5O2/c1-31(2,33(34,35)36)23-6-4-7-24(18-23)32(3,43)22-13-10-20(11-14-22)27-28-29(37)38-16-17-40(28)30(39-27)21-12-15-25-8-5-9-26(42)41(25)19-21/h4-8,10-11,13-14,16-18,21,25,43H,9,12,15,19H2,1-3H3,(H2,37,38)/t21-,25-,32+/m1/s1. The molecule has 2 aromatic heterocycles. The molecular formula is C33H34F3N5O2. The fraction of sp³-hybridized carbons (Fsp3) is 0.364. The van der Waals surface area contributed by atoms with E-state index in [0.29, 0.717) is 41.1 Å². The third-order valence-corrected chi connectivity index (χ3v) is 9.15. The van der Waals surface area contributed by atoms with Gasteiger partial charge in [0.25, 0.3) is 0 Å². The number of hydrogen-bond donors (Lipinski definition) is 2. The van der Waals surface area contributed by atoms with E-state index in [9.17, 15) is 23.1 Å². The summed E-state index contributed by atoms with van der Waals surface area (Å²) in [6.45, 7) is 4.40. The smallest absolute Gasteiger partial charge is 0.382 e. The van der Waals surface area contributed by atoms with Gasteiger partial charge in [-0.1, -0.05) is 60.7 Å². The molecule has 3 atom stereocenters. The zero-order valence-corrected chi connectivity index (χ0v) is 24.3. The molecule has 0 saturated carbocycles. The molecule has 43 heavy (non-hydrogen) atoms. The van der Waals surface area contributed by atoms with Crippen molar-refractivity contribution in [1.29, 1.82) is 0 Å². The molecule has 4 aromatic rings. The Kier molecular flexibility index (Phi) is 6.87. The number of aromatic nitrogens is 3. The number of nitrogens with two attached hydrogens (primary N) is 1. The largest absolute Gasteiger partial charge is 0.397 e. The van der Waals surface area contributed by atoms with Gasteiger partial charge in [-0.25, -0.2) is 9.97 Å². The number of benzene rings is 2. The number of anilines is 1. The first-order valence-corrected chi connectivity index (χ1v) is 14.4. The normalized spacial score (nSPS) is 20.7. The number of aliphatic hydroxyl groups is 1. The number of carbonyl (C=O) groups excluding carboxylic acids is 1. The summed E-state index contributed by atoms with van der Waals surface area (Å²) < 4.78 is 43.1. The lowest BCUT2D eigenvalue weighted by Crippen LogP contribution is -2.47. The van der Waals surface area contributed by atoms with Crippen LogP contribution in [0, 0.1) is 0 Å². The fourth-order valence-electron chi connectivity index (χ4n) is 6.20. The van der Waals surface area contributed by atoms with Gasteiger partial charge in [-0.05, 0) is 50.3 Å². The highest BCUT2D eigenvalue weighted by atomic mass is 19.4. The molecule has 3 N–H and O–H groups in total. The number of imidazole rings is 1. The summed E-state index contributed by atoms with van der Waals surface area (Å²) >= 11 is 0. The molecule has 2 aliphatic heterocycles. The number of piperidine rings is 1. The van der Waals surface area contributed by atoms with Crippen molar-refractivity contribution < 1.29 is 23.1 Å². The van der Waals surface area contributed by atoms with E-state index in [1.165, 1.54) is 18.2 Å². The van der Waals surface area contributed by atoms with Crippen molar-refractivity contribution in [3.05, 3.63) is 95.6 Å². The molecule has 1 saturated heterocycles. The number of fused-ring (bicyclic) bond motifs is 2. The first-order chi connectivity index (χ1) is 20.3. The minimum atomic E-state index is -4.44. The van der Waals surface area contributed by atoms with Crippen LogP contribution in [-0.2, 0) is 15.8 Å². The average molecular weight is 590 g/mol. The molecule has 224 valence electrons. The van der Waals surface area contributed by atoms with Crippen LogP contribution in [0.2, 0.25) is 0 Å². The molecule has 7 nitrogen and oxygen atoms in total. The third-order valence-electron chi connectivity index (χ3n) is 9.15. The van der Waals surface area contributed by atoms with E-state index >= 15 is 0 Å². The molecule has 2 aromatic carbocycles. The van der Waals surface area contributed by atoms with Gasteiger partial charge in [0.15, 0.2) is 0 Å². The predicted octanol–water partition coefficient (Wildman–Crippen LogP) is 6.11. The second-order valence-corrected chi connectivity index (χ2v) is 12.2.